The van der Waals surface area contributed by atoms with E-state index >= 15 is 0 Å². The summed E-state index contributed by atoms with van der Waals surface area (Å²) in [7, 11) is -3.43. The van der Waals surface area contributed by atoms with Crippen LogP contribution in [0, 0.1) is 19.8 Å². The first-order chi connectivity index (χ1) is 12.8. The van der Waals surface area contributed by atoms with Crippen LogP contribution in [0.5, 0.6) is 0 Å². The van der Waals surface area contributed by atoms with E-state index in [1.54, 1.807) is 0 Å². The Hall–Kier alpha value is -2.18. The van der Waals surface area contributed by atoms with E-state index in [1.165, 1.54) is 9.87 Å². The smallest absolute Gasteiger partial charge is 0.228 e. The van der Waals surface area contributed by atoms with E-state index in [9.17, 15) is 13.2 Å². The molecule has 1 fully saturated rings. The minimum atomic E-state index is -3.43. The van der Waals surface area contributed by atoms with Crippen molar-refractivity contribution in [2.75, 3.05) is 18.4 Å². The van der Waals surface area contributed by atoms with Crippen molar-refractivity contribution < 1.29 is 13.2 Å². The zero-order valence-corrected chi connectivity index (χ0v) is 16.6. The van der Waals surface area contributed by atoms with Crippen LogP contribution in [0.2, 0.25) is 0 Å². The predicted octanol–water partition coefficient (Wildman–Crippen LogP) is 3.48. The molecule has 1 heterocycles. The Morgan fingerprint density at radius 1 is 1.11 bits per heavy atom. The Morgan fingerprint density at radius 3 is 2.56 bits per heavy atom. The Morgan fingerprint density at radius 2 is 1.85 bits per heavy atom. The molecule has 0 saturated carbocycles. The summed E-state index contributed by atoms with van der Waals surface area (Å²) in [5.41, 5.74) is 3.80. The number of amides is 1. The van der Waals surface area contributed by atoms with Crippen LogP contribution in [0.25, 0.3) is 0 Å². The highest BCUT2D eigenvalue weighted by Crippen LogP contribution is 2.23. The normalized spacial score (nSPS) is 18.2. The molecule has 0 radical (unpaired) electrons. The van der Waals surface area contributed by atoms with E-state index in [4.69, 9.17) is 0 Å². The lowest BCUT2D eigenvalue weighted by molar-refractivity contribution is -0.120. The van der Waals surface area contributed by atoms with Gasteiger partial charge < -0.3 is 5.32 Å². The zero-order valence-electron chi connectivity index (χ0n) is 15.8. The number of piperidine rings is 1. The minimum absolute atomic E-state index is 0.0284. The summed E-state index contributed by atoms with van der Waals surface area (Å²) in [5, 5.41) is 2.94. The molecule has 3 rings (SSSR count). The molecule has 2 aromatic carbocycles. The standard InChI is InChI=1S/C21H26N2O3S/c1-16-10-11-20(13-17(16)2)22-21(24)19-9-6-12-23(14-19)27(25,26)15-18-7-4-3-5-8-18/h3-5,7-8,10-11,13,19H,6,9,12,14-15H2,1-2H3,(H,22,24). The Labute approximate surface area is 161 Å². The topological polar surface area (TPSA) is 66.5 Å². The van der Waals surface area contributed by atoms with Crippen LogP contribution < -0.4 is 5.32 Å². The van der Waals surface area contributed by atoms with E-state index in [1.807, 2.05) is 62.4 Å². The van der Waals surface area contributed by atoms with Gasteiger partial charge in [0.2, 0.25) is 15.9 Å². The van der Waals surface area contributed by atoms with E-state index in [-0.39, 0.29) is 24.1 Å². The van der Waals surface area contributed by atoms with Gasteiger partial charge in [-0.1, -0.05) is 36.4 Å². The molecule has 27 heavy (non-hydrogen) atoms. The van der Waals surface area contributed by atoms with Gasteiger partial charge in [0.1, 0.15) is 0 Å². The highest BCUT2D eigenvalue weighted by molar-refractivity contribution is 7.88. The number of aryl methyl sites for hydroxylation is 2. The Bertz CT molecular complexity index is 910. The second-order valence-electron chi connectivity index (χ2n) is 7.23. The molecule has 2 aromatic rings. The van der Waals surface area contributed by atoms with Gasteiger partial charge in [-0.2, -0.15) is 0 Å². The number of hydrogen-bond acceptors (Lipinski definition) is 3. The first-order valence-electron chi connectivity index (χ1n) is 9.25. The average molecular weight is 387 g/mol. The second kappa shape index (κ2) is 8.23. The van der Waals surface area contributed by atoms with Crippen LogP contribution in [0.4, 0.5) is 5.69 Å². The van der Waals surface area contributed by atoms with Crippen molar-refractivity contribution in [1.29, 1.82) is 0 Å². The summed E-state index contributed by atoms with van der Waals surface area (Å²) in [6, 6.07) is 15.0. The van der Waals surface area contributed by atoms with Crippen molar-refractivity contribution in [3.63, 3.8) is 0 Å². The molecule has 1 aliphatic rings. The molecular formula is C21H26N2O3S. The van der Waals surface area contributed by atoms with E-state index in [0.29, 0.717) is 19.4 Å². The van der Waals surface area contributed by atoms with Gasteiger partial charge in [-0.05, 0) is 55.5 Å². The molecule has 1 amide bonds. The monoisotopic (exact) mass is 386 g/mol. The van der Waals surface area contributed by atoms with Crippen molar-refractivity contribution in [3.05, 3.63) is 65.2 Å². The molecule has 0 bridgehead atoms. The number of anilines is 1. The van der Waals surface area contributed by atoms with E-state index in [2.05, 4.69) is 5.32 Å². The molecule has 0 aromatic heterocycles. The van der Waals surface area contributed by atoms with Crippen LogP contribution in [-0.2, 0) is 20.6 Å². The molecule has 6 heteroatoms. The quantitative estimate of drug-likeness (QED) is 0.855. The SMILES string of the molecule is Cc1ccc(NC(=O)C2CCCN(S(=O)(=O)Cc3ccccc3)C2)cc1C. The van der Waals surface area contributed by atoms with Crippen LogP contribution in [-0.4, -0.2) is 31.7 Å². The molecule has 1 N–H and O–H groups in total. The first-order valence-corrected chi connectivity index (χ1v) is 10.9. The van der Waals surface area contributed by atoms with Gasteiger partial charge in [0.05, 0.1) is 11.7 Å². The third-order valence-electron chi connectivity index (χ3n) is 5.11. The van der Waals surface area contributed by atoms with Crippen molar-refractivity contribution in [3.8, 4) is 0 Å². The maximum Gasteiger partial charge on any atom is 0.228 e. The number of carbonyl (C=O) groups is 1. The minimum Gasteiger partial charge on any atom is -0.326 e. The van der Waals surface area contributed by atoms with Crippen LogP contribution in [0.3, 0.4) is 0 Å². The number of benzene rings is 2. The molecule has 0 aliphatic carbocycles. The third kappa shape index (κ3) is 4.96. The van der Waals surface area contributed by atoms with Crippen molar-refractivity contribution in [1.82, 2.24) is 4.31 Å². The van der Waals surface area contributed by atoms with Gasteiger partial charge in [-0.15, -0.1) is 0 Å². The van der Waals surface area contributed by atoms with Gasteiger partial charge >= 0.3 is 0 Å². The summed E-state index contributed by atoms with van der Waals surface area (Å²) in [6.45, 7) is 4.75. The number of nitrogens with zero attached hydrogens (tertiary/aromatic N) is 1. The lowest BCUT2D eigenvalue weighted by atomic mass is 9.98. The van der Waals surface area contributed by atoms with E-state index in [0.717, 1.165) is 16.8 Å². The maximum atomic E-state index is 12.8. The molecule has 1 atom stereocenters. The van der Waals surface area contributed by atoms with Crippen LogP contribution >= 0.6 is 0 Å². The lowest BCUT2D eigenvalue weighted by Gasteiger charge is -2.31. The zero-order chi connectivity index (χ0) is 19.4. The van der Waals surface area contributed by atoms with Crippen molar-refractivity contribution in [2.24, 2.45) is 5.92 Å². The largest absolute Gasteiger partial charge is 0.326 e. The Kier molecular flexibility index (Phi) is 5.97. The first kappa shape index (κ1) is 19.6. The molecule has 1 unspecified atom stereocenters. The molecule has 0 spiro atoms. The van der Waals surface area contributed by atoms with Gasteiger partial charge in [-0.25, -0.2) is 12.7 Å². The van der Waals surface area contributed by atoms with Gasteiger partial charge in [-0.3, -0.25) is 4.79 Å². The summed E-state index contributed by atoms with van der Waals surface area (Å²) < 4.78 is 27.0. The van der Waals surface area contributed by atoms with Gasteiger partial charge in [0.15, 0.2) is 0 Å². The van der Waals surface area contributed by atoms with Gasteiger partial charge in [0, 0.05) is 18.8 Å². The van der Waals surface area contributed by atoms with Crippen LogP contribution in [0.15, 0.2) is 48.5 Å². The Balaban J connectivity index is 1.66. The number of carbonyl (C=O) groups excluding carboxylic acids is 1. The summed E-state index contributed by atoms with van der Waals surface area (Å²) >= 11 is 0. The molecule has 5 nitrogen and oxygen atoms in total. The molecule has 1 saturated heterocycles. The second-order valence-corrected chi connectivity index (χ2v) is 9.20. The molecular weight excluding hydrogens is 360 g/mol. The van der Waals surface area contributed by atoms with Crippen molar-refractivity contribution in [2.45, 2.75) is 32.4 Å². The van der Waals surface area contributed by atoms with E-state index < -0.39 is 10.0 Å². The number of hydrogen-bond donors (Lipinski definition) is 1. The highest BCUT2D eigenvalue weighted by atomic mass is 32.2. The number of rotatable bonds is 5. The number of nitrogens with one attached hydrogen (secondary N) is 1. The highest BCUT2D eigenvalue weighted by Gasteiger charge is 2.32. The third-order valence-corrected chi connectivity index (χ3v) is 6.93. The molecule has 1 aliphatic heterocycles. The number of sulfonamides is 1. The van der Waals surface area contributed by atoms with Crippen LogP contribution in [0.1, 0.15) is 29.5 Å². The summed E-state index contributed by atoms with van der Waals surface area (Å²) in [4.78, 5) is 12.7. The average Bonchev–Trinajstić information content (AvgIpc) is 2.65. The summed E-state index contributed by atoms with van der Waals surface area (Å²) in [5.74, 6) is -0.469. The predicted molar refractivity (Wildman–Crippen MR) is 108 cm³/mol. The molecule has 144 valence electrons. The van der Waals surface area contributed by atoms with Gasteiger partial charge in [0.25, 0.3) is 0 Å². The van der Waals surface area contributed by atoms with Crippen molar-refractivity contribution >= 4 is 21.6 Å². The maximum absolute atomic E-state index is 12.8. The lowest BCUT2D eigenvalue weighted by Crippen LogP contribution is -2.44. The fraction of sp³-hybridized carbons (Fsp3) is 0.381. The fourth-order valence-electron chi connectivity index (χ4n) is 3.35. The fourth-order valence-corrected chi connectivity index (χ4v) is 4.96. The summed E-state index contributed by atoms with van der Waals surface area (Å²) in [6.07, 6.45) is 1.40.